The predicted molar refractivity (Wildman–Crippen MR) is 72.2 cm³/mol. The Bertz CT molecular complexity index is 643. The SMILES string of the molecule is OC(c1ccc(Br)cn1)c1cc2ccccc2o1. The summed E-state index contributed by atoms with van der Waals surface area (Å²) in [5, 5.41) is 11.2. The summed E-state index contributed by atoms with van der Waals surface area (Å²) in [5.74, 6) is 0.506. The fourth-order valence-corrected chi connectivity index (χ4v) is 2.07. The molecular formula is C14H10BrNO2. The van der Waals surface area contributed by atoms with Gasteiger partial charge in [0.25, 0.3) is 0 Å². The van der Waals surface area contributed by atoms with Gasteiger partial charge in [-0.3, -0.25) is 4.98 Å². The van der Waals surface area contributed by atoms with Gasteiger partial charge < -0.3 is 9.52 Å². The van der Waals surface area contributed by atoms with Gasteiger partial charge in [-0.2, -0.15) is 0 Å². The first-order valence-electron chi connectivity index (χ1n) is 5.52. The van der Waals surface area contributed by atoms with E-state index in [9.17, 15) is 5.11 Å². The molecule has 18 heavy (non-hydrogen) atoms. The lowest BCUT2D eigenvalue weighted by molar-refractivity contribution is 0.187. The molecule has 2 aromatic heterocycles. The van der Waals surface area contributed by atoms with Gasteiger partial charge in [0.2, 0.25) is 0 Å². The Morgan fingerprint density at radius 1 is 1.17 bits per heavy atom. The van der Waals surface area contributed by atoms with Crippen molar-refractivity contribution in [3.05, 3.63) is 64.6 Å². The van der Waals surface area contributed by atoms with E-state index in [0.717, 1.165) is 15.4 Å². The van der Waals surface area contributed by atoms with Crippen LogP contribution in [0.15, 0.2) is 57.6 Å². The number of aromatic nitrogens is 1. The molecule has 3 aromatic rings. The second kappa shape index (κ2) is 4.55. The van der Waals surface area contributed by atoms with Gasteiger partial charge in [0.05, 0.1) is 5.69 Å². The third-order valence-corrected chi connectivity index (χ3v) is 3.21. The largest absolute Gasteiger partial charge is 0.458 e. The average molecular weight is 304 g/mol. The molecule has 1 N–H and O–H groups in total. The van der Waals surface area contributed by atoms with E-state index in [0.29, 0.717) is 11.5 Å². The number of benzene rings is 1. The summed E-state index contributed by atoms with van der Waals surface area (Å²) in [7, 11) is 0. The summed E-state index contributed by atoms with van der Waals surface area (Å²) in [4.78, 5) is 4.17. The highest BCUT2D eigenvalue weighted by Crippen LogP contribution is 2.27. The lowest BCUT2D eigenvalue weighted by atomic mass is 10.1. The summed E-state index contributed by atoms with van der Waals surface area (Å²) >= 11 is 3.31. The monoisotopic (exact) mass is 303 g/mol. The van der Waals surface area contributed by atoms with Crippen LogP contribution in [0.2, 0.25) is 0 Å². The molecule has 0 aliphatic carbocycles. The number of pyridine rings is 1. The Morgan fingerprint density at radius 3 is 2.72 bits per heavy atom. The standard InChI is InChI=1S/C14H10BrNO2/c15-10-5-6-11(16-8-10)14(17)13-7-9-3-1-2-4-12(9)18-13/h1-8,14,17H. The van der Waals surface area contributed by atoms with Crippen LogP contribution in [0, 0.1) is 0 Å². The van der Waals surface area contributed by atoms with Crippen molar-refractivity contribution < 1.29 is 9.52 Å². The van der Waals surface area contributed by atoms with E-state index < -0.39 is 6.10 Å². The second-order valence-electron chi connectivity index (χ2n) is 3.99. The Labute approximate surface area is 112 Å². The Balaban J connectivity index is 2.00. The highest BCUT2D eigenvalue weighted by molar-refractivity contribution is 9.10. The maximum atomic E-state index is 10.2. The highest BCUT2D eigenvalue weighted by atomic mass is 79.9. The lowest BCUT2D eigenvalue weighted by Gasteiger charge is -2.06. The van der Waals surface area contributed by atoms with Crippen molar-refractivity contribution in [3.63, 3.8) is 0 Å². The van der Waals surface area contributed by atoms with E-state index >= 15 is 0 Å². The molecule has 0 saturated carbocycles. The van der Waals surface area contributed by atoms with Crippen LogP contribution in [-0.4, -0.2) is 10.1 Å². The van der Waals surface area contributed by atoms with Crippen molar-refractivity contribution >= 4 is 26.9 Å². The first kappa shape index (κ1) is 11.4. The zero-order valence-corrected chi connectivity index (χ0v) is 11.0. The number of hydrogen-bond acceptors (Lipinski definition) is 3. The molecule has 90 valence electrons. The van der Waals surface area contributed by atoms with E-state index in [1.54, 1.807) is 12.3 Å². The third kappa shape index (κ3) is 2.05. The van der Waals surface area contributed by atoms with E-state index in [1.807, 2.05) is 36.4 Å². The number of halogens is 1. The summed E-state index contributed by atoms with van der Waals surface area (Å²) < 4.78 is 6.49. The fraction of sp³-hybridized carbons (Fsp3) is 0.0714. The molecule has 0 aliphatic heterocycles. The van der Waals surface area contributed by atoms with E-state index in [-0.39, 0.29) is 0 Å². The predicted octanol–water partition coefficient (Wildman–Crippen LogP) is 3.67. The van der Waals surface area contributed by atoms with Gasteiger partial charge in [-0.1, -0.05) is 18.2 Å². The summed E-state index contributed by atoms with van der Waals surface area (Å²) in [5.41, 5.74) is 1.33. The molecule has 1 atom stereocenters. The molecule has 1 aromatic carbocycles. The summed E-state index contributed by atoms with van der Waals surface area (Å²) in [6.45, 7) is 0. The molecule has 3 rings (SSSR count). The topological polar surface area (TPSA) is 46.3 Å². The van der Waals surface area contributed by atoms with Crippen molar-refractivity contribution in [2.24, 2.45) is 0 Å². The quantitative estimate of drug-likeness (QED) is 0.785. The van der Waals surface area contributed by atoms with Crippen LogP contribution in [0.3, 0.4) is 0 Å². The van der Waals surface area contributed by atoms with Gasteiger partial charge in [0.1, 0.15) is 11.3 Å². The van der Waals surface area contributed by atoms with Gasteiger partial charge in [0, 0.05) is 16.1 Å². The van der Waals surface area contributed by atoms with Crippen molar-refractivity contribution in [1.29, 1.82) is 0 Å². The van der Waals surface area contributed by atoms with Gasteiger partial charge in [-0.25, -0.2) is 0 Å². The van der Waals surface area contributed by atoms with Crippen molar-refractivity contribution in [2.45, 2.75) is 6.10 Å². The maximum Gasteiger partial charge on any atom is 0.153 e. The Morgan fingerprint density at radius 2 is 2.00 bits per heavy atom. The zero-order chi connectivity index (χ0) is 12.5. The minimum absolute atomic E-state index is 0.506. The zero-order valence-electron chi connectivity index (χ0n) is 9.38. The molecule has 3 nitrogen and oxygen atoms in total. The van der Waals surface area contributed by atoms with Gasteiger partial charge >= 0.3 is 0 Å². The van der Waals surface area contributed by atoms with Crippen molar-refractivity contribution in [3.8, 4) is 0 Å². The van der Waals surface area contributed by atoms with Crippen molar-refractivity contribution in [2.75, 3.05) is 0 Å². The Hall–Kier alpha value is -1.65. The molecule has 2 heterocycles. The molecule has 0 radical (unpaired) electrons. The highest BCUT2D eigenvalue weighted by Gasteiger charge is 2.16. The number of aliphatic hydroxyl groups is 1. The first-order valence-corrected chi connectivity index (χ1v) is 6.31. The normalized spacial score (nSPS) is 12.8. The van der Waals surface area contributed by atoms with Gasteiger partial charge in [0.15, 0.2) is 6.10 Å². The van der Waals surface area contributed by atoms with Crippen LogP contribution in [0.4, 0.5) is 0 Å². The number of nitrogens with zero attached hydrogens (tertiary/aromatic N) is 1. The van der Waals surface area contributed by atoms with E-state index in [1.165, 1.54) is 0 Å². The van der Waals surface area contributed by atoms with Crippen LogP contribution in [0.25, 0.3) is 11.0 Å². The van der Waals surface area contributed by atoms with Crippen molar-refractivity contribution in [1.82, 2.24) is 4.98 Å². The third-order valence-electron chi connectivity index (χ3n) is 2.74. The molecule has 0 amide bonds. The summed E-state index contributed by atoms with van der Waals surface area (Å²) in [6.07, 6.45) is 0.812. The first-order chi connectivity index (χ1) is 8.74. The molecule has 0 aliphatic rings. The molecule has 1 unspecified atom stereocenters. The van der Waals surface area contributed by atoms with Crippen LogP contribution >= 0.6 is 15.9 Å². The minimum Gasteiger partial charge on any atom is -0.458 e. The minimum atomic E-state index is -0.842. The molecular weight excluding hydrogens is 294 g/mol. The van der Waals surface area contributed by atoms with E-state index in [4.69, 9.17) is 4.42 Å². The van der Waals surface area contributed by atoms with Crippen LogP contribution in [0.1, 0.15) is 17.6 Å². The number of para-hydroxylation sites is 1. The molecule has 0 bridgehead atoms. The van der Waals surface area contributed by atoms with E-state index in [2.05, 4.69) is 20.9 Å². The smallest absolute Gasteiger partial charge is 0.153 e. The molecule has 4 heteroatoms. The number of hydrogen-bond donors (Lipinski definition) is 1. The number of rotatable bonds is 2. The van der Waals surface area contributed by atoms with Gasteiger partial charge in [-0.15, -0.1) is 0 Å². The second-order valence-corrected chi connectivity index (χ2v) is 4.91. The van der Waals surface area contributed by atoms with Gasteiger partial charge in [-0.05, 0) is 40.2 Å². The van der Waals surface area contributed by atoms with Crippen LogP contribution < -0.4 is 0 Å². The molecule has 0 fully saturated rings. The average Bonchev–Trinajstić information content (AvgIpc) is 2.82. The number of aliphatic hydroxyl groups excluding tert-OH is 1. The van der Waals surface area contributed by atoms with Crippen LogP contribution in [-0.2, 0) is 0 Å². The summed E-state index contributed by atoms with van der Waals surface area (Å²) in [6, 6.07) is 13.1. The maximum absolute atomic E-state index is 10.2. The van der Waals surface area contributed by atoms with Crippen LogP contribution in [0.5, 0.6) is 0 Å². The number of furan rings is 1. The molecule has 0 saturated heterocycles. The molecule has 0 spiro atoms. The Kier molecular flexibility index (Phi) is 2.89. The lowest BCUT2D eigenvalue weighted by Crippen LogP contribution is -2.00. The fourth-order valence-electron chi connectivity index (χ4n) is 1.83. The number of fused-ring (bicyclic) bond motifs is 1.